The lowest BCUT2D eigenvalue weighted by Crippen LogP contribution is -2.45. The second kappa shape index (κ2) is 9.92. The molecule has 188 valence electrons. The van der Waals surface area contributed by atoms with Gasteiger partial charge in [0.2, 0.25) is 26.0 Å². The second-order valence-corrected chi connectivity index (χ2v) is 12.2. The normalized spacial score (nSPS) is 16.7. The Morgan fingerprint density at radius 3 is 2.17 bits per heavy atom. The van der Waals surface area contributed by atoms with Gasteiger partial charge in [0.1, 0.15) is 10.9 Å². The van der Waals surface area contributed by atoms with E-state index in [2.05, 4.69) is 0 Å². The number of sulfonamides is 2. The lowest BCUT2D eigenvalue weighted by Gasteiger charge is -2.27. The second-order valence-electron chi connectivity index (χ2n) is 7.94. The van der Waals surface area contributed by atoms with Gasteiger partial charge in [0.25, 0.3) is 5.91 Å². The molecule has 2 N–H and O–H groups in total. The lowest BCUT2D eigenvalue weighted by atomic mass is 10.2. The first-order valence-corrected chi connectivity index (χ1v) is 14.1. The molecule has 2 amide bonds. The van der Waals surface area contributed by atoms with E-state index in [9.17, 15) is 26.4 Å². The Balaban J connectivity index is 1.76. The summed E-state index contributed by atoms with van der Waals surface area (Å²) in [7, 11) is -8.39. The van der Waals surface area contributed by atoms with Crippen LogP contribution in [0.2, 0.25) is 10.0 Å². The molecule has 1 unspecified atom stereocenters. The molecule has 0 aliphatic carbocycles. The van der Waals surface area contributed by atoms with Crippen LogP contribution in [0.3, 0.4) is 0 Å². The van der Waals surface area contributed by atoms with Crippen LogP contribution in [0.1, 0.15) is 12.0 Å². The van der Waals surface area contributed by atoms with Gasteiger partial charge in [-0.2, -0.15) is 4.31 Å². The van der Waals surface area contributed by atoms with Crippen molar-refractivity contribution in [1.82, 2.24) is 4.31 Å². The number of carbonyl (C=O) groups is 2. The molecule has 0 bridgehead atoms. The van der Waals surface area contributed by atoms with Crippen molar-refractivity contribution in [3.05, 3.63) is 88.4 Å². The first kappa shape index (κ1) is 26.3. The van der Waals surface area contributed by atoms with Gasteiger partial charge in [-0.05, 0) is 48.0 Å². The molecule has 1 saturated heterocycles. The number of nitrogens with zero attached hydrogens (tertiary/aromatic N) is 2. The average molecular weight is 568 g/mol. The quantitative estimate of drug-likeness (QED) is 0.435. The summed E-state index contributed by atoms with van der Waals surface area (Å²) in [6, 6.07) is 15.9. The van der Waals surface area contributed by atoms with Crippen molar-refractivity contribution in [1.29, 1.82) is 0 Å². The van der Waals surface area contributed by atoms with Crippen molar-refractivity contribution in [2.24, 2.45) is 5.14 Å². The van der Waals surface area contributed by atoms with Gasteiger partial charge >= 0.3 is 0 Å². The Hall–Kier alpha value is -2.80. The van der Waals surface area contributed by atoms with Crippen molar-refractivity contribution in [2.45, 2.75) is 28.8 Å². The van der Waals surface area contributed by atoms with E-state index in [-0.39, 0.29) is 32.1 Å². The zero-order valence-electron chi connectivity index (χ0n) is 18.4. The van der Waals surface area contributed by atoms with E-state index in [1.54, 1.807) is 30.3 Å². The fourth-order valence-corrected chi connectivity index (χ4v) is 6.65. The summed E-state index contributed by atoms with van der Waals surface area (Å²) >= 11 is 12.2. The summed E-state index contributed by atoms with van der Waals surface area (Å²) in [5.74, 6) is -1.44. The third-order valence-electron chi connectivity index (χ3n) is 5.56. The summed E-state index contributed by atoms with van der Waals surface area (Å²) in [5.41, 5.74) is 0.660. The Morgan fingerprint density at radius 1 is 0.917 bits per heavy atom. The first-order valence-electron chi connectivity index (χ1n) is 10.4. The van der Waals surface area contributed by atoms with E-state index in [0.717, 1.165) is 21.3 Å². The van der Waals surface area contributed by atoms with Gasteiger partial charge in [-0.1, -0.05) is 53.5 Å². The lowest BCUT2D eigenvalue weighted by molar-refractivity contribution is -0.122. The largest absolute Gasteiger partial charge is 0.274 e. The van der Waals surface area contributed by atoms with Gasteiger partial charge in [-0.15, -0.1) is 0 Å². The van der Waals surface area contributed by atoms with E-state index in [1.807, 2.05) is 0 Å². The van der Waals surface area contributed by atoms with E-state index in [0.29, 0.717) is 5.56 Å². The molecule has 1 fully saturated rings. The monoisotopic (exact) mass is 567 g/mol. The number of rotatable bonds is 7. The molecule has 0 spiro atoms. The van der Waals surface area contributed by atoms with Crippen molar-refractivity contribution >= 4 is 60.8 Å². The predicted octanol–water partition coefficient (Wildman–Crippen LogP) is 3.16. The van der Waals surface area contributed by atoms with Crippen molar-refractivity contribution < 1.29 is 26.4 Å². The van der Waals surface area contributed by atoms with Crippen molar-refractivity contribution in [3.8, 4) is 0 Å². The molecular weight excluding hydrogens is 549 g/mol. The van der Waals surface area contributed by atoms with Crippen molar-refractivity contribution in [3.63, 3.8) is 0 Å². The molecule has 0 radical (unpaired) electrons. The Bertz CT molecular complexity index is 1550. The number of halogens is 2. The molecule has 13 heteroatoms. The van der Waals surface area contributed by atoms with Gasteiger partial charge in [-0.25, -0.2) is 26.9 Å². The predicted molar refractivity (Wildman–Crippen MR) is 134 cm³/mol. The molecule has 4 rings (SSSR count). The molecule has 36 heavy (non-hydrogen) atoms. The summed E-state index contributed by atoms with van der Waals surface area (Å²) in [5, 5.41) is 5.14. The van der Waals surface area contributed by atoms with Gasteiger partial charge in [0.05, 0.1) is 22.0 Å². The number of anilines is 1. The van der Waals surface area contributed by atoms with Crippen LogP contribution in [0.4, 0.5) is 5.69 Å². The highest BCUT2D eigenvalue weighted by molar-refractivity contribution is 7.89. The van der Waals surface area contributed by atoms with Crippen LogP contribution in [0.5, 0.6) is 0 Å². The number of primary sulfonamides is 1. The Morgan fingerprint density at radius 2 is 1.56 bits per heavy atom. The molecule has 0 saturated carbocycles. The van der Waals surface area contributed by atoms with Crippen LogP contribution in [0, 0.1) is 0 Å². The average Bonchev–Trinajstić information content (AvgIpc) is 3.12. The third-order valence-corrected chi connectivity index (χ3v) is 9.06. The highest BCUT2D eigenvalue weighted by Crippen LogP contribution is 2.34. The smallest absolute Gasteiger partial charge is 0.252 e. The number of hydrogen-bond donors (Lipinski definition) is 1. The highest BCUT2D eigenvalue weighted by atomic mass is 35.5. The Labute approximate surface area is 218 Å². The summed E-state index contributed by atoms with van der Waals surface area (Å²) in [6.45, 7) is -0.214. The van der Waals surface area contributed by atoms with Crippen LogP contribution in [-0.4, -0.2) is 39.0 Å². The number of benzene rings is 3. The minimum Gasteiger partial charge on any atom is -0.274 e. The zero-order valence-corrected chi connectivity index (χ0v) is 21.6. The van der Waals surface area contributed by atoms with Gasteiger partial charge in [0, 0.05) is 11.6 Å². The van der Waals surface area contributed by atoms with Gasteiger partial charge in [0.15, 0.2) is 0 Å². The molecular formula is C23H19Cl2N3O6S2. The molecule has 3 aromatic rings. The van der Waals surface area contributed by atoms with E-state index < -0.39 is 44.3 Å². The number of amides is 2. The zero-order chi connectivity index (χ0) is 26.3. The SMILES string of the molecule is NS(=O)(=O)c1ccc(N2C(=O)CC(N(Cc3ccccc3)S(=O)(=O)c3cc(Cl)ccc3Cl)C2=O)cc1. The first-order chi connectivity index (χ1) is 16.9. The van der Waals surface area contributed by atoms with Gasteiger partial charge < -0.3 is 0 Å². The number of carbonyl (C=O) groups excluding carboxylic acids is 2. The summed E-state index contributed by atoms with van der Waals surface area (Å²) in [6.07, 6.45) is -0.431. The van der Waals surface area contributed by atoms with Crippen LogP contribution in [0.15, 0.2) is 82.6 Å². The maximum atomic E-state index is 13.8. The third kappa shape index (κ3) is 5.17. The molecule has 9 nitrogen and oxygen atoms in total. The number of imide groups is 1. The van der Waals surface area contributed by atoms with Gasteiger partial charge in [-0.3, -0.25) is 9.59 Å². The van der Waals surface area contributed by atoms with Crippen LogP contribution in [0.25, 0.3) is 0 Å². The fraction of sp³-hybridized carbons (Fsp3) is 0.130. The topological polar surface area (TPSA) is 135 Å². The molecule has 1 atom stereocenters. The minimum absolute atomic E-state index is 0.0812. The maximum Gasteiger partial charge on any atom is 0.252 e. The number of hydrogen-bond acceptors (Lipinski definition) is 6. The van der Waals surface area contributed by atoms with E-state index in [1.165, 1.54) is 30.3 Å². The maximum absolute atomic E-state index is 13.8. The van der Waals surface area contributed by atoms with Crippen LogP contribution < -0.4 is 10.0 Å². The molecule has 3 aromatic carbocycles. The summed E-state index contributed by atoms with van der Waals surface area (Å²) < 4.78 is 51.5. The fourth-order valence-electron chi connectivity index (χ4n) is 3.82. The van der Waals surface area contributed by atoms with Crippen molar-refractivity contribution in [2.75, 3.05) is 4.90 Å². The summed E-state index contributed by atoms with van der Waals surface area (Å²) in [4.78, 5) is 26.7. The molecule has 1 aliphatic rings. The standard InChI is InChI=1S/C23H19Cl2N3O6S2/c24-16-6-11-19(25)21(12-16)36(33,34)27(14-15-4-2-1-3-5-15)20-13-22(29)28(23(20)30)17-7-9-18(10-8-17)35(26,31)32/h1-12,20H,13-14H2,(H2,26,31,32). The van der Waals surface area contributed by atoms with Crippen LogP contribution >= 0.6 is 23.2 Å². The molecule has 1 heterocycles. The van der Waals surface area contributed by atoms with Crippen LogP contribution in [-0.2, 0) is 36.2 Å². The Kier molecular flexibility index (Phi) is 7.24. The molecule has 0 aromatic heterocycles. The van der Waals surface area contributed by atoms with E-state index >= 15 is 0 Å². The number of nitrogens with two attached hydrogens (primary N) is 1. The highest BCUT2D eigenvalue weighted by Gasteiger charge is 2.47. The molecule has 1 aliphatic heterocycles. The minimum atomic E-state index is -4.40. The van der Waals surface area contributed by atoms with E-state index in [4.69, 9.17) is 28.3 Å².